The Morgan fingerprint density at radius 3 is 1.92 bits per heavy atom. The normalized spacial score (nSPS) is 14.5. The SMILES string of the molecule is CCC(C)NC[Si](OC)(OC)OC. The van der Waals surface area contributed by atoms with Gasteiger partial charge in [0.05, 0.1) is 6.17 Å². The lowest BCUT2D eigenvalue weighted by Crippen LogP contribution is -2.53. The summed E-state index contributed by atoms with van der Waals surface area (Å²) in [6.07, 6.45) is 1.74. The zero-order valence-electron chi connectivity index (χ0n) is 9.22. The highest BCUT2D eigenvalue weighted by Crippen LogP contribution is 2.04. The summed E-state index contributed by atoms with van der Waals surface area (Å²) in [4.78, 5) is 0. The van der Waals surface area contributed by atoms with Gasteiger partial charge < -0.3 is 18.6 Å². The van der Waals surface area contributed by atoms with Gasteiger partial charge >= 0.3 is 8.80 Å². The van der Waals surface area contributed by atoms with E-state index in [-0.39, 0.29) is 0 Å². The summed E-state index contributed by atoms with van der Waals surface area (Å²) in [5, 5.41) is 3.31. The minimum Gasteiger partial charge on any atom is -0.376 e. The molecular weight excluding hydrogens is 186 g/mol. The number of hydrogen-bond acceptors (Lipinski definition) is 4. The fourth-order valence-electron chi connectivity index (χ4n) is 0.910. The molecule has 0 heterocycles. The lowest BCUT2D eigenvalue weighted by Gasteiger charge is -2.26. The summed E-state index contributed by atoms with van der Waals surface area (Å²) in [5.74, 6) is 0. The van der Waals surface area contributed by atoms with Crippen molar-refractivity contribution < 1.29 is 13.3 Å². The first kappa shape index (κ1) is 13.1. The van der Waals surface area contributed by atoms with Crippen LogP contribution in [0.25, 0.3) is 0 Å². The Balaban J connectivity index is 3.95. The molecule has 0 spiro atoms. The van der Waals surface area contributed by atoms with Crippen molar-refractivity contribution >= 4 is 8.80 Å². The third kappa shape index (κ3) is 4.19. The van der Waals surface area contributed by atoms with Crippen LogP contribution in [0.15, 0.2) is 0 Å². The van der Waals surface area contributed by atoms with E-state index >= 15 is 0 Å². The van der Waals surface area contributed by atoms with Crippen molar-refractivity contribution in [2.75, 3.05) is 27.5 Å². The van der Waals surface area contributed by atoms with Gasteiger partial charge in [0.25, 0.3) is 0 Å². The lowest BCUT2D eigenvalue weighted by atomic mass is 10.3. The molecule has 0 radical (unpaired) electrons. The van der Waals surface area contributed by atoms with Crippen LogP contribution in [0.5, 0.6) is 0 Å². The molecule has 0 fully saturated rings. The molecule has 1 atom stereocenters. The molecule has 0 aromatic carbocycles. The lowest BCUT2D eigenvalue weighted by molar-refractivity contribution is 0.121. The van der Waals surface area contributed by atoms with Crippen molar-refractivity contribution in [1.82, 2.24) is 5.32 Å². The Morgan fingerprint density at radius 2 is 1.62 bits per heavy atom. The zero-order chi connectivity index (χ0) is 10.3. The van der Waals surface area contributed by atoms with Crippen molar-refractivity contribution in [3.63, 3.8) is 0 Å². The predicted molar refractivity (Wildman–Crippen MR) is 54.5 cm³/mol. The monoisotopic (exact) mass is 207 g/mol. The average Bonchev–Trinajstić information content (AvgIpc) is 2.20. The average molecular weight is 207 g/mol. The van der Waals surface area contributed by atoms with E-state index in [1.54, 1.807) is 21.3 Å². The molecule has 0 aliphatic rings. The second-order valence-electron chi connectivity index (χ2n) is 2.99. The van der Waals surface area contributed by atoms with Crippen molar-refractivity contribution in [1.29, 1.82) is 0 Å². The number of rotatable bonds is 7. The molecule has 0 aromatic heterocycles. The summed E-state index contributed by atoms with van der Waals surface area (Å²) < 4.78 is 15.8. The van der Waals surface area contributed by atoms with Gasteiger partial charge in [0.1, 0.15) is 0 Å². The van der Waals surface area contributed by atoms with Crippen LogP contribution in [0.4, 0.5) is 0 Å². The Kier molecular flexibility index (Phi) is 6.53. The fraction of sp³-hybridized carbons (Fsp3) is 1.00. The van der Waals surface area contributed by atoms with Crippen molar-refractivity contribution in [3.05, 3.63) is 0 Å². The molecule has 0 amide bonds. The molecule has 0 aliphatic carbocycles. The van der Waals surface area contributed by atoms with Crippen molar-refractivity contribution in [2.24, 2.45) is 0 Å². The molecule has 0 aliphatic heterocycles. The second-order valence-corrected chi connectivity index (χ2v) is 5.93. The van der Waals surface area contributed by atoms with Crippen LogP contribution in [0.3, 0.4) is 0 Å². The quantitative estimate of drug-likeness (QED) is 0.627. The van der Waals surface area contributed by atoms with Crippen LogP contribution in [0, 0.1) is 0 Å². The third-order valence-electron chi connectivity index (χ3n) is 2.21. The van der Waals surface area contributed by atoms with E-state index in [0.29, 0.717) is 12.2 Å². The van der Waals surface area contributed by atoms with Crippen LogP contribution in [-0.2, 0) is 13.3 Å². The van der Waals surface area contributed by atoms with E-state index in [2.05, 4.69) is 19.2 Å². The molecule has 5 heteroatoms. The summed E-state index contributed by atoms with van der Waals surface area (Å²) >= 11 is 0. The second kappa shape index (κ2) is 6.50. The molecule has 0 aromatic rings. The Morgan fingerprint density at radius 1 is 1.15 bits per heavy atom. The molecule has 13 heavy (non-hydrogen) atoms. The van der Waals surface area contributed by atoms with Crippen LogP contribution in [-0.4, -0.2) is 42.3 Å². The van der Waals surface area contributed by atoms with E-state index in [1.165, 1.54) is 0 Å². The summed E-state index contributed by atoms with van der Waals surface area (Å²) in [7, 11) is 2.46. The Labute approximate surface area is 81.9 Å². The predicted octanol–water partition coefficient (Wildman–Crippen LogP) is 0.792. The Bertz CT molecular complexity index is 122. The standard InChI is InChI=1S/C8H21NO3Si/c1-6-8(2)9-7-13(10-3,11-4)12-5/h8-9H,6-7H2,1-5H3. The first-order chi connectivity index (χ1) is 6.14. The molecule has 0 bridgehead atoms. The summed E-state index contributed by atoms with van der Waals surface area (Å²) in [5.41, 5.74) is 0. The molecular formula is C8H21NO3Si. The van der Waals surface area contributed by atoms with E-state index in [4.69, 9.17) is 13.3 Å². The maximum atomic E-state index is 5.26. The molecule has 80 valence electrons. The maximum Gasteiger partial charge on any atom is 0.514 e. The molecule has 0 rings (SSSR count). The third-order valence-corrected chi connectivity index (χ3v) is 4.72. The van der Waals surface area contributed by atoms with E-state index in [9.17, 15) is 0 Å². The zero-order valence-corrected chi connectivity index (χ0v) is 10.2. The first-order valence-electron chi connectivity index (χ1n) is 4.53. The van der Waals surface area contributed by atoms with Gasteiger partial charge in [-0.1, -0.05) is 6.92 Å². The number of nitrogens with one attached hydrogen (secondary N) is 1. The number of hydrogen-bond donors (Lipinski definition) is 1. The molecule has 1 N–H and O–H groups in total. The molecule has 1 unspecified atom stereocenters. The minimum absolute atomic E-state index is 0.465. The van der Waals surface area contributed by atoms with Gasteiger partial charge in [-0.15, -0.1) is 0 Å². The van der Waals surface area contributed by atoms with Crippen LogP contribution in [0.1, 0.15) is 20.3 Å². The van der Waals surface area contributed by atoms with Crippen LogP contribution < -0.4 is 5.32 Å². The van der Waals surface area contributed by atoms with Crippen molar-refractivity contribution in [2.45, 2.75) is 26.3 Å². The topological polar surface area (TPSA) is 39.7 Å². The van der Waals surface area contributed by atoms with E-state index in [1.807, 2.05) is 0 Å². The van der Waals surface area contributed by atoms with Crippen LogP contribution in [0.2, 0.25) is 0 Å². The van der Waals surface area contributed by atoms with Gasteiger partial charge in [-0.05, 0) is 13.3 Å². The van der Waals surface area contributed by atoms with Gasteiger partial charge in [-0.3, -0.25) is 0 Å². The van der Waals surface area contributed by atoms with Gasteiger partial charge in [-0.2, -0.15) is 0 Å². The smallest absolute Gasteiger partial charge is 0.376 e. The molecule has 0 saturated heterocycles. The molecule has 0 saturated carbocycles. The fourth-order valence-corrected chi connectivity index (χ4v) is 2.44. The van der Waals surface area contributed by atoms with Gasteiger partial charge in [0.15, 0.2) is 0 Å². The maximum absolute atomic E-state index is 5.26. The highest BCUT2D eigenvalue weighted by Gasteiger charge is 2.37. The molecule has 4 nitrogen and oxygen atoms in total. The van der Waals surface area contributed by atoms with E-state index in [0.717, 1.165) is 6.42 Å². The highest BCUT2D eigenvalue weighted by atomic mass is 28.4. The highest BCUT2D eigenvalue weighted by molar-refractivity contribution is 6.60. The summed E-state index contributed by atoms with van der Waals surface area (Å²) in [6.45, 7) is 4.26. The largest absolute Gasteiger partial charge is 0.514 e. The van der Waals surface area contributed by atoms with Gasteiger partial charge in [0.2, 0.25) is 0 Å². The van der Waals surface area contributed by atoms with Gasteiger partial charge in [-0.25, -0.2) is 0 Å². The first-order valence-corrected chi connectivity index (χ1v) is 6.46. The summed E-state index contributed by atoms with van der Waals surface area (Å²) in [6, 6.07) is 0.465. The van der Waals surface area contributed by atoms with Crippen LogP contribution >= 0.6 is 0 Å². The minimum atomic E-state index is -2.41. The van der Waals surface area contributed by atoms with E-state index < -0.39 is 8.80 Å². The Hall–Kier alpha value is 0.0569. The van der Waals surface area contributed by atoms with Crippen molar-refractivity contribution in [3.8, 4) is 0 Å². The van der Waals surface area contributed by atoms with Gasteiger partial charge in [0, 0.05) is 27.4 Å².